The Kier molecular flexibility index (Phi) is 9.37. The van der Waals surface area contributed by atoms with E-state index in [1.807, 2.05) is 6.92 Å². The van der Waals surface area contributed by atoms with Crippen molar-refractivity contribution in [1.29, 1.82) is 0 Å². The van der Waals surface area contributed by atoms with Crippen molar-refractivity contribution < 1.29 is 36.2 Å². The Morgan fingerprint density at radius 3 is 2.24 bits per heavy atom. The SMILES string of the molecule is CCCCCCS(=O)(=O)N(c1ccc(C(F)(F)F)cc1OCc1ccc(C(=O)O)cc1)C(C)C. The number of aromatic carboxylic acids is 1. The predicted octanol–water partition coefficient (Wildman–Crippen LogP) is 6.11. The summed E-state index contributed by atoms with van der Waals surface area (Å²) in [6.07, 6.45) is -1.61. The number of alkyl halides is 3. The molecule has 6 nitrogen and oxygen atoms in total. The quantitative estimate of drug-likeness (QED) is 0.355. The minimum atomic E-state index is -4.64. The Balaban J connectivity index is 2.41. The van der Waals surface area contributed by atoms with E-state index in [1.165, 1.54) is 24.3 Å². The fourth-order valence-corrected chi connectivity index (χ4v) is 5.31. The molecular weight excluding hydrogens is 471 g/mol. The minimum Gasteiger partial charge on any atom is -0.487 e. The molecule has 0 atom stereocenters. The molecule has 0 bridgehead atoms. The second-order valence-electron chi connectivity index (χ2n) is 8.24. The van der Waals surface area contributed by atoms with Crippen LogP contribution in [0.5, 0.6) is 5.75 Å². The number of carboxylic acid groups (broad SMARTS) is 1. The van der Waals surface area contributed by atoms with Crippen molar-refractivity contribution in [2.75, 3.05) is 10.1 Å². The fourth-order valence-electron chi connectivity index (χ4n) is 3.45. The Hall–Kier alpha value is -2.75. The number of hydrogen-bond acceptors (Lipinski definition) is 4. The molecule has 2 aromatic rings. The van der Waals surface area contributed by atoms with Crippen LogP contribution in [0.4, 0.5) is 18.9 Å². The molecule has 0 aliphatic carbocycles. The molecule has 2 aromatic carbocycles. The lowest BCUT2D eigenvalue weighted by atomic mass is 10.1. The summed E-state index contributed by atoms with van der Waals surface area (Å²) in [6.45, 7) is 5.14. The van der Waals surface area contributed by atoms with Crippen LogP contribution in [0.15, 0.2) is 42.5 Å². The largest absolute Gasteiger partial charge is 0.487 e. The van der Waals surface area contributed by atoms with Gasteiger partial charge >= 0.3 is 12.1 Å². The number of ether oxygens (including phenoxy) is 1. The van der Waals surface area contributed by atoms with E-state index >= 15 is 0 Å². The van der Waals surface area contributed by atoms with Gasteiger partial charge in [-0.2, -0.15) is 13.2 Å². The van der Waals surface area contributed by atoms with Crippen LogP contribution in [-0.4, -0.2) is 31.3 Å². The Bertz CT molecular complexity index is 1070. The lowest BCUT2D eigenvalue weighted by Gasteiger charge is -2.30. The van der Waals surface area contributed by atoms with Crippen LogP contribution < -0.4 is 9.04 Å². The van der Waals surface area contributed by atoms with Crippen molar-refractivity contribution in [2.24, 2.45) is 0 Å². The monoisotopic (exact) mass is 501 g/mol. The van der Waals surface area contributed by atoms with Crippen LogP contribution in [-0.2, 0) is 22.8 Å². The van der Waals surface area contributed by atoms with E-state index in [-0.39, 0.29) is 29.4 Å². The molecule has 1 N–H and O–H groups in total. The van der Waals surface area contributed by atoms with E-state index in [1.54, 1.807) is 13.8 Å². The van der Waals surface area contributed by atoms with Crippen molar-refractivity contribution in [1.82, 2.24) is 0 Å². The molecule has 0 aliphatic heterocycles. The van der Waals surface area contributed by atoms with E-state index in [0.717, 1.165) is 41.8 Å². The van der Waals surface area contributed by atoms with Crippen molar-refractivity contribution in [3.63, 3.8) is 0 Å². The van der Waals surface area contributed by atoms with Crippen LogP contribution >= 0.6 is 0 Å². The lowest BCUT2D eigenvalue weighted by molar-refractivity contribution is -0.137. The van der Waals surface area contributed by atoms with Gasteiger partial charge in [-0.05, 0) is 56.2 Å². The van der Waals surface area contributed by atoms with Gasteiger partial charge in [-0.25, -0.2) is 13.2 Å². The maximum atomic E-state index is 13.4. The molecule has 0 amide bonds. The second kappa shape index (κ2) is 11.6. The van der Waals surface area contributed by atoms with Crippen LogP contribution in [0.1, 0.15) is 67.9 Å². The van der Waals surface area contributed by atoms with Crippen LogP contribution in [0.25, 0.3) is 0 Å². The summed E-state index contributed by atoms with van der Waals surface area (Å²) in [4.78, 5) is 11.0. The fraction of sp³-hybridized carbons (Fsp3) is 0.458. The summed E-state index contributed by atoms with van der Waals surface area (Å²) in [6, 6.07) is 7.89. The smallest absolute Gasteiger partial charge is 0.416 e. The number of nitrogens with zero attached hydrogens (tertiary/aromatic N) is 1. The first-order valence-electron chi connectivity index (χ1n) is 11.0. The zero-order valence-electron chi connectivity index (χ0n) is 19.4. The number of unbranched alkanes of at least 4 members (excludes halogenated alkanes) is 3. The van der Waals surface area contributed by atoms with E-state index in [0.29, 0.717) is 12.0 Å². The highest BCUT2D eigenvalue weighted by Crippen LogP contribution is 2.39. The molecule has 188 valence electrons. The first kappa shape index (κ1) is 27.5. The van der Waals surface area contributed by atoms with Gasteiger partial charge in [0.25, 0.3) is 0 Å². The standard InChI is InChI=1S/C24H30F3NO5S/c1-4-5-6-7-14-34(31,32)28(17(2)3)21-13-12-20(24(25,26)27)15-22(21)33-16-18-8-10-19(11-9-18)23(29)30/h8-13,15,17H,4-7,14,16H2,1-3H3,(H,29,30). The molecule has 0 aromatic heterocycles. The van der Waals surface area contributed by atoms with Gasteiger partial charge in [0.15, 0.2) is 0 Å². The third-order valence-corrected chi connectivity index (χ3v) is 7.17. The highest BCUT2D eigenvalue weighted by atomic mass is 32.2. The molecule has 2 rings (SSSR count). The summed E-state index contributed by atoms with van der Waals surface area (Å²) in [5, 5.41) is 9.01. The van der Waals surface area contributed by atoms with Crippen LogP contribution in [0, 0.1) is 0 Å². The highest BCUT2D eigenvalue weighted by molar-refractivity contribution is 7.92. The lowest BCUT2D eigenvalue weighted by Crippen LogP contribution is -2.39. The van der Waals surface area contributed by atoms with E-state index in [9.17, 15) is 26.4 Å². The normalized spacial score (nSPS) is 12.1. The Morgan fingerprint density at radius 2 is 1.71 bits per heavy atom. The van der Waals surface area contributed by atoms with E-state index < -0.39 is 33.8 Å². The molecule has 0 saturated carbocycles. The summed E-state index contributed by atoms with van der Waals surface area (Å²) in [7, 11) is -3.82. The number of halogens is 3. The summed E-state index contributed by atoms with van der Waals surface area (Å²) < 4.78 is 73.2. The number of carboxylic acids is 1. The molecule has 0 heterocycles. The number of anilines is 1. The minimum absolute atomic E-state index is 0.0284. The Morgan fingerprint density at radius 1 is 1.06 bits per heavy atom. The van der Waals surface area contributed by atoms with Gasteiger partial charge in [0, 0.05) is 6.04 Å². The van der Waals surface area contributed by atoms with Crippen molar-refractivity contribution in [2.45, 2.75) is 65.3 Å². The van der Waals surface area contributed by atoms with E-state index in [4.69, 9.17) is 9.84 Å². The average molecular weight is 502 g/mol. The molecule has 10 heteroatoms. The maximum absolute atomic E-state index is 13.4. The number of sulfonamides is 1. The number of carbonyl (C=O) groups is 1. The van der Waals surface area contributed by atoms with Crippen molar-refractivity contribution in [3.8, 4) is 5.75 Å². The molecule has 0 unspecified atom stereocenters. The van der Waals surface area contributed by atoms with Crippen molar-refractivity contribution >= 4 is 21.7 Å². The number of hydrogen-bond donors (Lipinski definition) is 1. The third-order valence-electron chi connectivity index (χ3n) is 5.14. The third kappa shape index (κ3) is 7.38. The highest BCUT2D eigenvalue weighted by Gasteiger charge is 2.34. The van der Waals surface area contributed by atoms with Gasteiger partial charge in [-0.1, -0.05) is 38.3 Å². The molecule has 0 saturated heterocycles. The van der Waals surface area contributed by atoms with Crippen LogP contribution in [0.2, 0.25) is 0 Å². The molecular formula is C24H30F3NO5S. The van der Waals surface area contributed by atoms with Gasteiger partial charge in [-0.15, -0.1) is 0 Å². The Labute approximate surface area is 198 Å². The summed E-state index contributed by atoms with van der Waals surface area (Å²) >= 11 is 0. The number of benzene rings is 2. The molecule has 0 spiro atoms. The summed E-state index contributed by atoms with van der Waals surface area (Å²) in [5.41, 5.74) is -0.354. The van der Waals surface area contributed by atoms with Gasteiger partial charge in [0.1, 0.15) is 12.4 Å². The van der Waals surface area contributed by atoms with Crippen molar-refractivity contribution in [3.05, 3.63) is 59.2 Å². The average Bonchev–Trinajstić information content (AvgIpc) is 2.75. The summed E-state index contributed by atoms with van der Waals surface area (Å²) in [5.74, 6) is -1.45. The number of rotatable bonds is 12. The van der Waals surface area contributed by atoms with E-state index in [2.05, 4.69) is 0 Å². The zero-order valence-corrected chi connectivity index (χ0v) is 20.2. The van der Waals surface area contributed by atoms with Gasteiger partial charge in [0.05, 0.1) is 22.6 Å². The zero-order chi connectivity index (χ0) is 25.5. The maximum Gasteiger partial charge on any atom is 0.416 e. The first-order valence-corrected chi connectivity index (χ1v) is 12.7. The molecule has 0 aliphatic rings. The van der Waals surface area contributed by atoms with Gasteiger partial charge in [0.2, 0.25) is 10.0 Å². The molecule has 0 fully saturated rings. The van der Waals surface area contributed by atoms with Gasteiger partial charge < -0.3 is 9.84 Å². The predicted molar refractivity (Wildman–Crippen MR) is 125 cm³/mol. The van der Waals surface area contributed by atoms with Crippen LogP contribution in [0.3, 0.4) is 0 Å². The molecule has 34 heavy (non-hydrogen) atoms. The molecule has 0 radical (unpaired) electrons. The van der Waals surface area contributed by atoms with Gasteiger partial charge in [-0.3, -0.25) is 4.31 Å². The first-order chi connectivity index (χ1) is 15.9. The second-order valence-corrected chi connectivity index (χ2v) is 10.2. The topological polar surface area (TPSA) is 83.9 Å².